The first-order valence-electron chi connectivity index (χ1n) is 7.11. The molecule has 1 aliphatic heterocycles. The molecule has 2 aromatic rings. The van der Waals surface area contributed by atoms with Crippen molar-refractivity contribution in [1.82, 2.24) is 4.90 Å². The Morgan fingerprint density at radius 1 is 1.17 bits per heavy atom. The van der Waals surface area contributed by atoms with Gasteiger partial charge in [0.25, 0.3) is 5.91 Å². The van der Waals surface area contributed by atoms with E-state index in [0.29, 0.717) is 32.6 Å². The number of carbonyl (C=O) groups is 1. The fourth-order valence-corrected chi connectivity index (χ4v) is 3.62. The molecule has 118 valence electrons. The summed E-state index contributed by atoms with van der Waals surface area (Å²) in [6, 6.07) is 14.2. The van der Waals surface area contributed by atoms with Gasteiger partial charge in [-0.3, -0.25) is 9.69 Å². The summed E-state index contributed by atoms with van der Waals surface area (Å²) in [7, 11) is 0. The number of thioether (sulfide) groups is 1. The van der Waals surface area contributed by atoms with Gasteiger partial charge in [-0.25, -0.2) is 4.99 Å². The van der Waals surface area contributed by atoms with Gasteiger partial charge in [0.1, 0.15) is 0 Å². The summed E-state index contributed by atoms with van der Waals surface area (Å²) in [6.45, 7) is 2.70. The molecule has 6 heteroatoms. The van der Waals surface area contributed by atoms with Crippen molar-refractivity contribution in [2.45, 2.75) is 12.2 Å². The number of carbonyl (C=O) groups excluding carboxylic acids is 1. The average Bonchev–Trinajstić information content (AvgIpc) is 2.89. The van der Waals surface area contributed by atoms with Crippen LogP contribution in [0.1, 0.15) is 17.3 Å². The van der Waals surface area contributed by atoms with Crippen LogP contribution < -0.4 is 0 Å². The van der Waals surface area contributed by atoms with Gasteiger partial charge in [-0.15, -0.1) is 0 Å². The lowest BCUT2D eigenvalue weighted by Crippen LogP contribution is -2.32. The van der Waals surface area contributed by atoms with Crippen molar-refractivity contribution in [1.29, 1.82) is 0 Å². The molecule has 1 fully saturated rings. The predicted molar refractivity (Wildman–Crippen MR) is 98.1 cm³/mol. The maximum Gasteiger partial charge on any atom is 0.259 e. The van der Waals surface area contributed by atoms with Crippen LogP contribution in [-0.4, -0.2) is 27.8 Å². The Morgan fingerprint density at radius 2 is 1.91 bits per heavy atom. The topological polar surface area (TPSA) is 32.7 Å². The van der Waals surface area contributed by atoms with Gasteiger partial charge in [-0.05, 0) is 42.5 Å². The summed E-state index contributed by atoms with van der Waals surface area (Å²) < 4.78 is 0. The second kappa shape index (κ2) is 6.95. The lowest BCUT2D eigenvalue weighted by atomic mass is 10.2. The van der Waals surface area contributed by atoms with E-state index in [-0.39, 0.29) is 5.91 Å². The average molecular weight is 365 g/mol. The Bertz CT molecular complexity index is 761. The summed E-state index contributed by atoms with van der Waals surface area (Å²) in [6.07, 6.45) is 0. The summed E-state index contributed by atoms with van der Waals surface area (Å²) in [5.41, 5.74) is 1.34. The van der Waals surface area contributed by atoms with E-state index in [1.807, 2.05) is 12.1 Å². The van der Waals surface area contributed by atoms with Gasteiger partial charge in [0.05, 0.1) is 5.69 Å². The Labute approximate surface area is 149 Å². The number of hydrogen-bond donors (Lipinski definition) is 0. The van der Waals surface area contributed by atoms with E-state index in [4.69, 9.17) is 23.2 Å². The van der Waals surface area contributed by atoms with Crippen molar-refractivity contribution in [3.05, 3.63) is 64.1 Å². The van der Waals surface area contributed by atoms with Crippen LogP contribution in [0.15, 0.2) is 53.5 Å². The maximum absolute atomic E-state index is 12.8. The van der Waals surface area contributed by atoms with Crippen LogP contribution in [0.5, 0.6) is 0 Å². The van der Waals surface area contributed by atoms with E-state index < -0.39 is 0 Å². The molecule has 3 rings (SSSR count). The third-order valence-electron chi connectivity index (χ3n) is 3.35. The van der Waals surface area contributed by atoms with Gasteiger partial charge >= 0.3 is 0 Å². The molecule has 0 spiro atoms. The van der Waals surface area contributed by atoms with Gasteiger partial charge in [0.2, 0.25) is 0 Å². The van der Waals surface area contributed by atoms with Gasteiger partial charge in [0.15, 0.2) is 5.17 Å². The van der Waals surface area contributed by atoms with Crippen molar-refractivity contribution in [3.8, 4) is 0 Å². The largest absolute Gasteiger partial charge is 0.286 e. The van der Waals surface area contributed by atoms with Crippen molar-refractivity contribution in [2.24, 2.45) is 4.99 Å². The SMILES string of the molecule is C[C@@H]1CN(C(=O)c2cccc(Cl)c2)C(=Nc2ccc(Cl)cc2)S1. The molecular formula is C17H14Cl2N2OS. The summed E-state index contributed by atoms with van der Waals surface area (Å²) in [4.78, 5) is 19.0. The van der Waals surface area contributed by atoms with Crippen LogP contribution in [0.4, 0.5) is 5.69 Å². The van der Waals surface area contributed by atoms with Crippen LogP contribution in [-0.2, 0) is 0 Å². The zero-order valence-electron chi connectivity index (χ0n) is 12.4. The maximum atomic E-state index is 12.8. The van der Waals surface area contributed by atoms with Crippen LogP contribution in [0, 0.1) is 0 Å². The third-order valence-corrected chi connectivity index (χ3v) is 4.91. The number of hydrogen-bond acceptors (Lipinski definition) is 3. The van der Waals surface area contributed by atoms with Gasteiger partial charge in [-0.1, -0.05) is 48.0 Å². The molecule has 1 atom stereocenters. The number of nitrogens with zero attached hydrogens (tertiary/aromatic N) is 2. The molecule has 0 saturated carbocycles. The monoisotopic (exact) mass is 364 g/mol. The number of rotatable bonds is 2. The molecule has 1 heterocycles. The first-order chi connectivity index (χ1) is 11.0. The van der Waals surface area contributed by atoms with Gasteiger partial charge < -0.3 is 0 Å². The standard InChI is InChI=1S/C17H14Cl2N2OS/c1-11-10-21(16(22)12-3-2-4-14(19)9-12)17(23-11)20-15-7-5-13(18)6-8-15/h2-9,11H,10H2,1H3/t11-/m1/s1. The second-order valence-corrected chi connectivity index (χ2v) is 7.50. The smallest absolute Gasteiger partial charge is 0.259 e. The van der Waals surface area contributed by atoms with E-state index in [1.165, 1.54) is 0 Å². The summed E-state index contributed by atoms with van der Waals surface area (Å²) in [5.74, 6) is -0.0861. The van der Waals surface area contributed by atoms with Gasteiger partial charge in [0, 0.05) is 27.4 Å². The highest BCUT2D eigenvalue weighted by atomic mass is 35.5. The summed E-state index contributed by atoms with van der Waals surface area (Å²) in [5, 5.41) is 2.20. The van der Waals surface area contributed by atoms with Crippen LogP contribution in [0.3, 0.4) is 0 Å². The third kappa shape index (κ3) is 3.89. The number of amides is 1. The zero-order chi connectivity index (χ0) is 16.4. The summed E-state index contributed by atoms with van der Waals surface area (Å²) >= 11 is 13.5. The van der Waals surface area contributed by atoms with Gasteiger partial charge in [-0.2, -0.15) is 0 Å². The van der Waals surface area contributed by atoms with Crippen LogP contribution >= 0.6 is 35.0 Å². The van der Waals surface area contributed by atoms with Crippen molar-refractivity contribution in [3.63, 3.8) is 0 Å². The molecule has 23 heavy (non-hydrogen) atoms. The predicted octanol–water partition coefficient (Wildman–Crippen LogP) is 5.26. The molecule has 0 aliphatic carbocycles. The molecule has 1 amide bonds. The Kier molecular flexibility index (Phi) is 4.95. The Hall–Kier alpha value is -1.49. The van der Waals surface area contributed by atoms with E-state index in [1.54, 1.807) is 53.1 Å². The molecule has 0 bridgehead atoms. The van der Waals surface area contributed by atoms with E-state index in [2.05, 4.69) is 11.9 Å². The van der Waals surface area contributed by atoms with Crippen molar-refractivity contribution >= 4 is 51.7 Å². The number of benzene rings is 2. The molecule has 0 aromatic heterocycles. The number of aliphatic imine (C=N–C) groups is 1. The highest BCUT2D eigenvalue weighted by molar-refractivity contribution is 8.14. The molecule has 2 aromatic carbocycles. The number of amidine groups is 1. The molecule has 0 unspecified atom stereocenters. The molecule has 3 nitrogen and oxygen atoms in total. The lowest BCUT2D eigenvalue weighted by molar-refractivity contribution is 0.0855. The van der Waals surface area contributed by atoms with Crippen molar-refractivity contribution < 1.29 is 4.79 Å². The van der Waals surface area contributed by atoms with E-state index in [9.17, 15) is 4.79 Å². The molecule has 0 radical (unpaired) electrons. The van der Waals surface area contributed by atoms with E-state index >= 15 is 0 Å². The fraction of sp³-hybridized carbons (Fsp3) is 0.176. The highest BCUT2D eigenvalue weighted by Crippen LogP contribution is 2.30. The molecule has 0 N–H and O–H groups in total. The Balaban J connectivity index is 1.90. The Morgan fingerprint density at radius 3 is 2.61 bits per heavy atom. The first-order valence-corrected chi connectivity index (χ1v) is 8.75. The van der Waals surface area contributed by atoms with E-state index in [0.717, 1.165) is 5.69 Å². The lowest BCUT2D eigenvalue weighted by Gasteiger charge is -2.16. The first kappa shape index (κ1) is 16.4. The second-order valence-electron chi connectivity index (χ2n) is 5.23. The number of halogens is 2. The normalized spacial score (nSPS) is 19.3. The minimum Gasteiger partial charge on any atom is -0.286 e. The van der Waals surface area contributed by atoms with Crippen LogP contribution in [0.25, 0.3) is 0 Å². The molecule has 1 saturated heterocycles. The van der Waals surface area contributed by atoms with Crippen LogP contribution in [0.2, 0.25) is 10.0 Å². The quantitative estimate of drug-likeness (QED) is 0.727. The zero-order valence-corrected chi connectivity index (χ0v) is 14.7. The molecular weight excluding hydrogens is 351 g/mol. The van der Waals surface area contributed by atoms with Crippen molar-refractivity contribution in [2.75, 3.05) is 6.54 Å². The molecule has 1 aliphatic rings. The minimum atomic E-state index is -0.0861. The minimum absolute atomic E-state index is 0.0861. The fourth-order valence-electron chi connectivity index (χ4n) is 2.28. The highest BCUT2D eigenvalue weighted by Gasteiger charge is 2.31.